The van der Waals surface area contributed by atoms with Gasteiger partial charge in [-0.25, -0.2) is 4.98 Å². The van der Waals surface area contributed by atoms with Crippen LogP contribution in [0.2, 0.25) is 5.02 Å². The van der Waals surface area contributed by atoms with E-state index in [9.17, 15) is 9.59 Å². The van der Waals surface area contributed by atoms with Crippen molar-refractivity contribution in [2.24, 2.45) is 5.41 Å². The number of rotatable bonds is 9. The molecule has 3 aromatic rings. The maximum absolute atomic E-state index is 9.64. The third-order valence-electron chi connectivity index (χ3n) is 6.03. The Labute approximate surface area is 238 Å². The van der Waals surface area contributed by atoms with Gasteiger partial charge in [-0.15, -0.1) is 11.3 Å². The van der Waals surface area contributed by atoms with Gasteiger partial charge in [-0.2, -0.15) is 0 Å². The summed E-state index contributed by atoms with van der Waals surface area (Å²) >= 11 is 8.20. The molecule has 0 saturated carbocycles. The number of nitrogens with one attached hydrogen (secondary N) is 3. The topological polar surface area (TPSA) is 124 Å². The molecule has 0 bridgehead atoms. The number of carbonyl (C=O) groups is 2. The SMILES string of the molecule is CC(C)(C)CNc1nc(-c2ccc(CNc3c(Cl)ccc4c3CCNCC4)cc2)cs1.O=C(O)CCC(=O)O. The largest absolute Gasteiger partial charge is 0.481 e. The minimum atomic E-state index is -1.08. The van der Waals surface area contributed by atoms with Crippen molar-refractivity contribution in [3.05, 3.63) is 63.5 Å². The number of halogens is 1. The number of aliphatic carboxylic acids is 2. The van der Waals surface area contributed by atoms with Gasteiger partial charge < -0.3 is 26.2 Å². The van der Waals surface area contributed by atoms with Crippen LogP contribution in [-0.4, -0.2) is 46.8 Å². The van der Waals surface area contributed by atoms with Crippen LogP contribution in [0, 0.1) is 5.41 Å². The summed E-state index contributed by atoms with van der Waals surface area (Å²) in [5.41, 5.74) is 7.45. The number of benzene rings is 2. The number of hydrogen-bond donors (Lipinski definition) is 5. The Morgan fingerprint density at radius 3 is 2.31 bits per heavy atom. The summed E-state index contributed by atoms with van der Waals surface area (Å²) in [4.78, 5) is 24.0. The van der Waals surface area contributed by atoms with E-state index in [1.807, 2.05) is 6.07 Å². The molecule has 0 amide bonds. The predicted octanol–water partition coefficient (Wildman–Crippen LogP) is 6.16. The highest BCUT2D eigenvalue weighted by molar-refractivity contribution is 7.14. The van der Waals surface area contributed by atoms with Gasteiger partial charge in [0.25, 0.3) is 0 Å². The zero-order valence-corrected chi connectivity index (χ0v) is 24.2. The van der Waals surface area contributed by atoms with Crippen molar-refractivity contribution in [2.45, 2.75) is 53.0 Å². The standard InChI is InChI=1S/C25H31ClN4S.C4H6O4/c1-25(2,3)16-29-24-30-22(15-31-24)19-6-4-17(5-7-19)14-28-23-20-11-13-27-12-10-18(20)8-9-21(23)26;5-3(6)1-2-4(7)8/h4-9,15,27-28H,10-14,16H2,1-3H3,(H,29,30);1-2H2,(H,5,6)(H,7,8). The van der Waals surface area contributed by atoms with Crippen LogP contribution in [0.5, 0.6) is 0 Å². The minimum absolute atomic E-state index is 0.233. The summed E-state index contributed by atoms with van der Waals surface area (Å²) in [6.45, 7) is 10.3. The van der Waals surface area contributed by atoms with E-state index < -0.39 is 11.9 Å². The van der Waals surface area contributed by atoms with E-state index in [1.54, 1.807) is 11.3 Å². The molecule has 0 spiro atoms. The van der Waals surface area contributed by atoms with E-state index >= 15 is 0 Å². The summed E-state index contributed by atoms with van der Waals surface area (Å²) < 4.78 is 0. The molecule has 0 unspecified atom stereocenters. The average Bonchev–Trinajstić information content (AvgIpc) is 3.23. The van der Waals surface area contributed by atoms with Gasteiger partial charge in [0, 0.05) is 24.0 Å². The first-order valence-corrected chi connectivity index (χ1v) is 14.2. The Morgan fingerprint density at radius 1 is 1.00 bits per heavy atom. The van der Waals surface area contributed by atoms with E-state index in [0.29, 0.717) is 0 Å². The maximum Gasteiger partial charge on any atom is 0.303 e. The number of carboxylic acids is 2. The van der Waals surface area contributed by atoms with Crippen LogP contribution in [0.3, 0.4) is 0 Å². The molecular formula is C29H37ClN4O4S. The molecular weight excluding hydrogens is 536 g/mol. The van der Waals surface area contributed by atoms with Crippen LogP contribution in [-0.2, 0) is 29.0 Å². The fourth-order valence-electron chi connectivity index (χ4n) is 3.96. The molecule has 10 heteroatoms. The molecule has 0 atom stereocenters. The first-order chi connectivity index (χ1) is 18.5. The van der Waals surface area contributed by atoms with Gasteiger partial charge in [-0.3, -0.25) is 9.59 Å². The number of anilines is 2. The quantitative estimate of drug-likeness (QED) is 0.207. The van der Waals surface area contributed by atoms with Gasteiger partial charge >= 0.3 is 11.9 Å². The average molecular weight is 573 g/mol. The molecule has 0 aliphatic carbocycles. The second kappa shape index (κ2) is 14.3. The second-order valence-electron chi connectivity index (χ2n) is 10.6. The van der Waals surface area contributed by atoms with Gasteiger partial charge in [-0.1, -0.05) is 62.7 Å². The highest BCUT2D eigenvalue weighted by atomic mass is 35.5. The van der Waals surface area contributed by atoms with Crippen LogP contribution >= 0.6 is 22.9 Å². The highest BCUT2D eigenvalue weighted by Crippen LogP contribution is 2.31. The van der Waals surface area contributed by atoms with E-state index in [-0.39, 0.29) is 18.3 Å². The highest BCUT2D eigenvalue weighted by Gasteiger charge is 2.15. The number of carboxylic acid groups (broad SMARTS) is 2. The van der Waals surface area contributed by atoms with Crippen LogP contribution in [0.4, 0.5) is 10.8 Å². The van der Waals surface area contributed by atoms with Gasteiger partial charge in [0.2, 0.25) is 0 Å². The first kappa shape index (κ1) is 30.4. The summed E-state index contributed by atoms with van der Waals surface area (Å²) in [7, 11) is 0. The van der Waals surface area contributed by atoms with Crippen molar-refractivity contribution in [3.63, 3.8) is 0 Å². The number of thiazole rings is 1. The summed E-state index contributed by atoms with van der Waals surface area (Å²) in [6, 6.07) is 12.8. The molecule has 0 fully saturated rings. The lowest BCUT2D eigenvalue weighted by Gasteiger charge is -2.17. The number of hydrogen-bond acceptors (Lipinski definition) is 7. The molecule has 2 heterocycles. The molecule has 4 rings (SSSR count). The van der Waals surface area contributed by atoms with Crippen molar-refractivity contribution >= 4 is 45.7 Å². The molecule has 1 aliphatic heterocycles. The maximum atomic E-state index is 9.64. The molecule has 1 aliphatic rings. The fraction of sp³-hybridized carbons (Fsp3) is 0.414. The number of nitrogens with zero attached hydrogens (tertiary/aromatic N) is 1. The molecule has 0 radical (unpaired) electrons. The molecule has 5 N–H and O–H groups in total. The first-order valence-electron chi connectivity index (χ1n) is 13.0. The summed E-state index contributed by atoms with van der Waals surface area (Å²) in [5, 5.41) is 30.2. The van der Waals surface area contributed by atoms with Gasteiger partial charge in [-0.05, 0) is 54.1 Å². The monoisotopic (exact) mass is 572 g/mol. The third kappa shape index (κ3) is 10.2. The number of aromatic nitrogens is 1. The molecule has 8 nitrogen and oxygen atoms in total. The van der Waals surface area contributed by atoms with E-state index in [4.69, 9.17) is 26.8 Å². The van der Waals surface area contributed by atoms with Crippen molar-refractivity contribution in [1.82, 2.24) is 10.3 Å². The zero-order chi connectivity index (χ0) is 28.4. The van der Waals surface area contributed by atoms with Crippen LogP contribution in [0.15, 0.2) is 41.8 Å². The molecule has 39 heavy (non-hydrogen) atoms. The van der Waals surface area contributed by atoms with Gasteiger partial charge in [0.15, 0.2) is 5.13 Å². The van der Waals surface area contributed by atoms with Gasteiger partial charge in [0.05, 0.1) is 29.2 Å². The van der Waals surface area contributed by atoms with Crippen LogP contribution in [0.1, 0.15) is 50.3 Å². The normalized spacial score (nSPS) is 12.9. The second-order valence-corrected chi connectivity index (χ2v) is 11.9. The predicted molar refractivity (Wildman–Crippen MR) is 159 cm³/mol. The Balaban J connectivity index is 0.000000459. The van der Waals surface area contributed by atoms with E-state index in [2.05, 4.69) is 72.4 Å². The summed E-state index contributed by atoms with van der Waals surface area (Å²) in [5.74, 6) is -2.15. The van der Waals surface area contributed by atoms with E-state index in [1.165, 1.54) is 16.7 Å². The minimum Gasteiger partial charge on any atom is -0.481 e. The molecule has 210 valence electrons. The Morgan fingerprint density at radius 2 is 1.67 bits per heavy atom. The Bertz CT molecular complexity index is 1240. The molecule has 2 aromatic carbocycles. The summed E-state index contributed by atoms with van der Waals surface area (Å²) in [6.07, 6.45) is 1.47. The third-order valence-corrected chi connectivity index (χ3v) is 7.14. The Hall–Kier alpha value is -3.14. The lowest BCUT2D eigenvalue weighted by molar-refractivity contribution is -0.143. The van der Waals surface area contributed by atoms with Crippen molar-refractivity contribution < 1.29 is 19.8 Å². The molecule has 1 aromatic heterocycles. The van der Waals surface area contributed by atoms with E-state index in [0.717, 1.165) is 66.1 Å². The number of fused-ring (bicyclic) bond motifs is 1. The van der Waals surface area contributed by atoms with Crippen LogP contribution < -0.4 is 16.0 Å². The fourth-order valence-corrected chi connectivity index (χ4v) is 4.92. The smallest absolute Gasteiger partial charge is 0.303 e. The van der Waals surface area contributed by atoms with Crippen molar-refractivity contribution in [1.29, 1.82) is 0 Å². The Kier molecular flexibility index (Phi) is 11.2. The van der Waals surface area contributed by atoms with Gasteiger partial charge in [0.1, 0.15) is 0 Å². The van der Waals surface area contributed by atoms with Crippen LogP contribution in [0.25, 0.3) is 11.3 Å². The van der Waals surface area contributed by atoms with Crippen molar-refractivity contribution in [3.8, 4) is 11.3 Å². The molecule has 0 saturated heterocycles. The zero-order valence-electron chi connectivity index (χ0n) is 22.6. The lowest BCUT2D eigenvalue weighted by atomic mass is 9.97. The van der Waals surface area contributed by atoms with Crippen molar-refractivity contribution in [2.75, 3.05) is 30.3 Å². The lowest BCUT2D eigenvalue weighted by Crippen LogP contribution is -2.18.